The topological polar surface area (TPSA) is 12.0 Å². The molecule has 1 heterocycles. The van der Waals surface area contributed by atoms with Crippen LogP contribution in [0.5, 0.6) is 0 Å². The molecule has 1 nitrogen and oxygen atoms in total. The molecule has 0 atom stereocenters. The Morgan fingerprint density at radius 1 is 1.60 bits per heavy atom. The van der Waals surface area contributed by atoms with Gasteiger partial charge in [0.05, 0.1) is 0 Å². The SMILES string of the molecule is C1=C[NH][Sb]=[CH]1. The fourth-order valence-electron chi connectivity index (χ4n) is 0.215. The molecule has 2 heteroatoms. The second-order valence-corrected chi connectivity index (χ2v) is 3.09. The van der Waals surface area contributed by atoms with E-state index < -0.39 is 0 Å². The van der Waals surface area contributed by atoms with E-state index in [1.807, 2.05) is 6.20 Å². The number of hydrogen-bond donors (Lipinski definition) is 1. The molecule has 0 aromatic carbocycles. The van der Waals surface area contributed by atoms with Crippen LogP contribution in [-0.4, -0.2) is 25.4 Å². The summed E-state index contributed by atoms with van der Waals surface area (Å²) < 4.78 is 5.36. The zero-order valence-corrected chi connectivity index (χ0v) is 5.23. The Bertz CT molecular complexity index is 65.0. The molecule has 0 unspecified atom stereocenters. The molecule has 1 N–H and O–H groups in total. The van der Waals surface area contributed by atoms with E-state index in [1.165, 1.54) is 0 Å². The first-order chi connectivity index (χ1) is 2.50. The predicted molar refractivity (Wildman–Crippen MR) is 24.1 cm³/mol. The first-order valence-corrected chi connectivity index (χ1v) is 4.19. The van der Waals surface area contributed by atoms with Gasteiger partial charge < -0.3 is 0 Å². The summed E-state index contributed by atoms with van der Waals surface area (Å²) in [6, 6.07) is 0. The summed E-state index contributed by atoms with van der Waals surface area (Å²) in [6.07, 6.45) is 4.06. The van der Waals surface area contributed by atoms with Crippen molar-refractivity contribution < 1.29 is 0 Å². The summed E-state index contributed by atoms with van der Waals surface area (Å²) in [5.74, 6) is 0. The summed E-state index contributed by atoms with van der Waals surface area (Å²) in [6.45, 7) is 0. The zero-order valence-electron chi connectivity index (χ0n) is 2.68. The average molecular weight is 176 g/mol. The van der Waals surface area contributed by atoms with E-state index in [2.05, 4.69) is 13.5 Å². The Morgan fingerprint density at radius 2 is 2.60 bits per heavy atom. The Hall–Kier alpha value is 0.228. The van der Waals surface area contributed by atoms with Crippen molar-refractivity contribution in [3.05, 3.63) is 12.3 Å². The molecule has 0 spiro atoms. The Balaban J connectivity index is 2.61. The molecule has 0 aliphatic carbocycles. The predicted octanol–water partition coefficient (Wildman–Crippen LogP) is -0.475. The maximum atomic E-state index is 3.14. The molecule has 5 heavy (non-hydrogen) atoms. The molecule has 26 valence electrons. The molecular formula is C3H4NSb. The van der Waals surface area contributed by atoms with Crippen molar-refractivity contribution in [1.29, 1.82) is 0 Å². The first kappa shape index (κ1) is 3.42. The minimum absolute atomic E-state index is 0.0194. The van der Waals surface area contributed by atoms with E-state index in [-0.39, 0.29) is 21.4 Å². The van der Waals surface area contributed by atoms with E-state index in [4.69, 9.17) is 0 Å². The monoisotopic (exact) mass is 175 g/mol. The van der Waals surface area contributed by atoms with Gasteiger partial charge in [-0.15, -0.1) is 0 Å². The summed E-state index contributed by atoms with van der Waals surface area (Å²) in [7, 11) is 0. The number of nitrogens with one attached hydrogen (secondary N) is 1. The Labute approximate surface area is 41.4 Å². The average Bonchev–Trinajstić information content (AvgIpc) is 1.76. The van der Waals surface area contributed by atoms with Gasteiger partial charge in [-0.2, -0.15) is 0 Å². The second-order valence-electron chi connectivity index (χ2n) is 0.766. The maximum absolute atomic E-state index is 3.14. The molecule has 0 saturated carbocycles. The number of rotatable bonds is 0. The van der Waals surface area contributed by atoms with Gasteiger partial charge >= 0.3 is 41.1 Å². The molecule has 1 aliphatic heterocycles. The van der Waals surface area contributed by atoms with E-state index in [9.17, 15) is 0 Å². The van der Waals surface area contributed by atoms with Crippen LogP contribution in [0.4, 0.5) is 0 Å². The van der Waals surface area contributed by atoms with E-state index >= 15 is 0 Å². The van der Waals surface area contributed by atoms with Crippen molar-refractivity contribution >= 4 is 25.4 Å². The molecule has 0 radical (unpaired) electrons. The summed E-state index contributed by atoms with van der Waals surface area (Å²) in [5, 5.41) is 0. The quantitative estimate of drug-likeness (QED) is 0.491. The fraction of sp³-hybridized carbons (Fsp3) is 0. The second kappa shape index (κ2) is 1.61. The van der Waals surface area contributed by atoms with Crippen LogP contribution in [0.15, 0.2) is 12.3 Å². The summed E-state index contributed by atoms with van der Waals surface area (Å²) >= 11 is -0.0194. The van der Waals surface area contributed by atoms with E-state index in [0.29, 0.717) is 0 Å². The summed E-state index contributed by atoms with van der Waals surface area (Å²) in [5.41, 5.74) is 0. The van der Waals surface area contributed by atoms with Crippen LogP contribution in [0, 0.1) is 0 Å². The molecule has 0 bridgehead atoms. The van der Waals surface area contributed by atoms with Crippen LogP contribution in [0.3, 0.4) is 0 Å². The van der Waals surface area contributed by atoms with Gasteiger partial charge in [0, 0.05) is 0 Å². The molecule has 0 amide bonds. The van der Waals surface area contributed by atoms with E-state index in [0.717, 1.165) is 0 Å². The van der Waals surface area contributed by atoms with Gasteiger partial charge in [-0.3, -0.25) is 0 Å². The van der Waals surface area contributed by atoms with Crippen molar-refractivity contribution in [2.75, 3.05) is 0 Å². The first-order valence-electron chi connectivity index (χ1n) is 1.44. The fourth-order valence-corrected chi connectivity index (χ4v) is 1.44. The molecule has 1 aliphatic rings. The van der Waals surface area contributed by atoms with Crippen molar-refractivity contribution in [3.63, 3.8) is 0 Å². The molecule has 0 aromatic heterocycles. The van der Waals surface area contributed by atoms with Gasteiger partial charge in [0.15, 0.2) is 0 Å². The van der Waals surface area contributed by atoms with Crippen LogP contribution in [0.1, 0.15) is 0 Å². The van der Waals surface area contributed by atoms with Crippen LogP contribution in [-0.2, 0) is 0 Å². The molecule has 0 fully saturated rings. The Morgan fingerprint density at radius 3 is 2.80 bits per heavy atom. The van der Waals surface area contributed by atoms with Crippen molar-refractivity contribution in [2.45, 2.75) is 0 Å². The van der Waals surface area contributed by atoms with Crippen LogP contribution in [0.25, 0.3) is 0 Å². The van der Waals surface area contributed by atoms with Crippen molar-refractivity contribution in [1.82, 2.24) is 3.48 Å². The third kappa shape index (κ3) is 0.768. The third-order valence-electron chi connectivity index (χ3n) is 0.406. The van der Waals surface area contributed by atoms with Crippen LogP contribution in [0.2, 0.25) is 0 Å². The van der Waals surface area contributed by atoms with Gasteiger partial charge in [0.2, 0.25) is 0 Å². The van der Waals surface area contributed by atoms with Crippen molar-refractivity contribution in [2.24, 2.45) is 0 Å². The van der Waals surface area contributed by atoms with Gasteiger partial charge in [0.1, 0.15) is 0 Å². The van der Waals surface area contributed by atoms with Gasteiger partial charge in [-0.25, -0.2) is 0 Å². The van der Waals surface area contributed by atoms with Crippen LogP contribution < -0.4 is 3.48 Å². The molecule has 0 saturated heterocycles. The van der Waals surface area contributed by atoms with Gasteiger partial charge in [0.25, 0.3) is 0 Å². The molecule has 0 aromatic rings. The van der Waals surface area contributed by atoms with E-state index in [1.54, 1.807) is 0 Å². The molecular weight excluding hydrogens is 172 g/mol. The number of allylic oxidation sites excluding steroid dienone is 1. The van der Waals surface area contributed by atoms with Crippen molar-refractivity contribution in [3.8, 4) is 0 Å². The van der Waals surface area contributed by atoms with Gasteiger partial charge in [-0.05, 0) is 0 Å². The normalized spacial score (nSPS) is 16.0. The standard InChI is InChI=1S/C3H4N.Sb/c1-2-3-4;/h1-4H;/q-1;+1. The van der Waals surface area contributed by atoms with Crippen LogP contribution >= 0.6 is 0 Å². The summed E-state index contributed by atoms with van der Waals surface area (Å²) in [4.78, 5) is 0. The number of hydrogen-bond acceptors (Lipinski definition) is 1. The zero-order chi connectivity index (χ0) is 3.54. The van der Waals surface area contributed by atoms with Gasteiger partial charge in [-0.1, -0.05) is 0 Å². The third-order valence-corrected chi connectivity index (χ3v) is 2.17. The molecule has 1 rings (SSSR count). The minimum atomic E-state index is -0.0194. The Kier molecular flexibility index (Phi) is 1.10.